The lowest BCUT2D eigenvalue weighted by Crippen LogP contribution is -2.26. The molecule has 0 saturated heterocycles. The molecule has 9 heteroatoms. The maximum absolute atomic E-state index is 13.8. The van der Waals surface area contributed by atoms with Crippen LogP contribution in [-0.4, -0.2) is 26.0 Å². The fourth-order valence-corrected chi connectivity index (χ4v) is 4.55. The highest BCUT2D eigenvalue weighted by Gasteiger charge is 2.19. The molecule has 0 amide bonds. The molecule has 0 atom stereocenters. The molecule has 174 valence electrons. The second-order valence-corrected chi connectivity index (χ2v) is 9.67. The van der Waals surface area contributed by atoms with E-state index in [9.17, 15) is 22.7 Å². The lowest BCUT2D eigenvalue weighted by atomic mass is 10.0. The van der Waals surface area contributed by atoms with E-state index in [2.05, 4.69) is 4.72 Å². The van der Waals surface area contributed by atoms with Gasteiger partial charge in [-0.3, -0.25) is 0 Å². The van der Waals surface area contributed by atoms with Crippen LogP contribution in [0.3, 0.4) is 0 Å². The second-order valence-electron chi connectivity index (χ2n) is 7.50. The minimum absolute atomic E-state index is 0.0149. The molecule has 0 spiro atoms. The Hall–Kier alpha value is -2.94. The van der Waals surface area contributed by atoms with Crippen LogP contribution in [0.15, 0.2) is 59.5 Å². The second kappa shape index (κ2) is 10.3. The number of hydrogen-bond acceptors (Lipinski definition) is 4. The summed E-state index contributed by atoms with van der Waals surface area (Å²) in [5, 5.41) is 9.60. The molecule has 3 aromatic rings. The van der Waals surface area contributed by atoms with Crippen molar-refractivity contribution < 1.29 is 27.4 Å². The first-order valence-corrected chi connectivity index (χ1v) is 11.9. The molecule has 0 bridgehead atoms. The quantitative estimate of drug-likeness (QED) is 0.444. The van der Waals surface area contributed by atoms with Crippen LogP contribution < -0.4 is 9.46 Å². The van der Waals surface area contributed by atoms with Gasteiger partial charge in [0.05, 0.1) is 15.5 Å². The zero-order valence-electron chi connectivity index (χ0n) is 18.1. The van der Waals surface area contributed by atoms with E-state index in [4.69, 9.17) is 16.3 Å². The van der Waals surface area contributed by atoms with Gasteiger partial charge in [0.2, 0.25) is 10.0 Å². The Morgan fingerprint density at radius 1 is 1.12 bits per heavy atom. The maximum atomic E-state index is 13.8. The Labute approximate surface area is 197 Å². The number of ether oxygens (including phenoxy) is 1. The molecule has 0 aliphatic heterocycles. The van der Waals surface area contributed by atoms with Crippen LogP contribution in [-0.2, 0) is 23.1 Å². The van der Waals surface area contributed by atoms with E-state index in [1.165, 1.54) is 24.3 Å². The molecular weight excluding hydrogens is 469 g/mol. The summed E-state index contributed by atoms with van der Waals surface area (Å²) < 4.78 is 47.2. The van der Waals surface area contributed by atoms with Crippen LogP contribution in [0, 0.1) is 19.7 Å². The fourth-order valence-electron chi connectivity index (χ4n) is 3.19. The molecule has 0 aromatic heterocycles. The summed E-state index contributed by atoms with van der Waals surface area (Å²) in [7, 11) is -3.87. The summed E-state index contributed by atoms with van der Waals surface area (Å²) in [5.74, 6) is -1.09. The van der Waals surface area contributed by atoms with Crippen LogP contribution in [0.5, 0.6) is 5.75 Å². The van der Waals surface area contributed by atoms with Crippen molar-refractivity contribution in [3.05, 3.63) is 93.3 Å². The summed E-state index contributed by atoms with van der Waals surface area (Å²) in [6.45, 7) is 3.42. The molecule has 0 fully saturated rings. The average Bonchev–Trinajstić information content (AvgIpc) is 2.75. The minimum atomic E-state index is -3.87. The van der Waals surface area contributed by atoms with Crippen LogP contribution >= 0.6 is 11.6 Å². The molecule has 0 unspecified atom stereocenters. The Kier molecular flexibility index (Phi) is 7.73. The molecule has 0 radical (unpaired) electrons. The van der Waals surface area contributed by atoms with Gasteiger partial charge in [-0.2, -0.15) is 0 Å². The predicted molar refractivity (Wildman–Crippen MR) is 124 cm³/mol. The number of carboxylic acid groups (broad SMARTS) is 1. The third-order valence-corrected chi connectivity index (χ3v) is 7.05. The van der Waals surface area contributed by atoms with Crippen molar-refractivity contribution in [2.75, 3.05) is 6.54 Å². The standard InChI is InChI=1S/C24H23ClFNO5S/c1-15-12-19(13-20(16(15)2)24(28)29)33(30,31)27-11-10-17-6-8-18(9-7-17)32-14-21-22(25)4-3-5-23(21)26/h3-9,12-13,27H,10-11,14H2,1-2H3,(H,28,29). The van der Waals surface area contributed by atoms with Crippen molar-refractivity contribution in [1.82, 2.24) is 4.72 Å². The first-order chi connectivity index (χ1) is 15.6. The van der Waals surface area contributed by atoms with Crippen LogP contribution in [0.1, 0.15) is 32.6 Å². The van der Waals surface area contributed by atoms with Crippen molar-refractivity contribution in [3.8, 4) is 5.75 Å². The van der Waals surface area contributed by atoms with Crippen LogP contribution in [0.25, 0.3) is 0 Å². The van der Waals surface area contributed by atoms with E-state index in [-0.39, 0.29) is 34.2 Å². The van der Waals surface area contributed by atoms with Gasteiger partial charge >= 0.3 is 5.97 Å². The van der Waals surface area contributed by atoms with E-state index >= 15 is 0 Å². The summed E-state index contributed by atoms with van der Waals surface area (Å²) in [6.07, 6.45) is 0.412. The molecule has 6 nitrogen and oxygen atoms in total. The molecular formula is C24H23ClFNO5S. The minimum Gasteiger partial charge on any atom is -0.489 e. The maximum Gasteiger partial charge on any atom is 0.336 e. The van der Waals surface area contributed by atoms with Gasteiger partial charge in [-0.05, 0) is 73.4 Å². The number of nitrogens with one attached hydrogen (secondary N) is 1. The first kappa shape index (κ1) is 24.7. The van der Waals surface area contributed by atoms with E-state index in [0.717, 1.165) is 5.56 Å². The summed E-state index contributed by atoms with van der Waals surface area (Å²) in [5.41, 5.74) is 2.21. The van der Waals surface area contributed by atoms with Crippen molar-refractivity contribution in [2.45, 2.75) is 31.8 Å². The van der Waals surface area contributed by atoms with Gasteiger partial charge in [-0.1, -0.05) is 29.8 Å². The molecule has 3 aromatic carbocycles. The number of sulfonamides is 1. The highest BCUT2D eigenvalue weighted by Crippen LogP contribution is 2.22. The number of benzene rings is 3. The lowest BCUT2D eigenvalue weighted by molar-refractivity contribution is 0.0695. The molecule has 0 heterocycles. The Balaban J connectivity index is 1.59. The average molecular weight is 492 g/mol. The highest BCUT2D eigenvalue weighted by molar-refractivity contribution is 7.89. The van der Waals surface area contributed by atoms with E-state index in [0.29, 0.717) is 23.3 Å². The number of aryl methyl sites for hydroxylation is 1. The topological polar surface area (TPSA) is 92.7 Å². The van der Waals surface area contributed by atoms with Gasteiger partial charge in [0.25, 0.3) is 0 Å². The Morgan fingerprint density at radius 3 is 2.45 bits per heavy atom. The SMILES string of the molecule is Cc1cc(S(=O)(=O)NCCc2ccc(OCc3c(F)cccc3Cl)cc2)cc(C(=O)O)c1C. The zero-order chi connectivity index (χ0) is 24.2. The number of aromatic carboxylic acids is 1. The van der Waals surface area contributed by atoms with Gasteiger partial charge in [0.1, 0.15) is 18.2 Å². The highest BCUT2D eigenvalue weighted by atomic mass is 35.5. The number of halogens is 2. The van der Waals surface area contributed by atoms with Gasteiger partial charge in [0, 0.05) is 12.1 Å². The zero-order valence-corrected chi connectivity index (χ0v) is 19.6. The molecule has 0 aliphatic rings. The first-order valence-electron chi connectivity index (χ1n) is 10.1. The fraction of sp³-hybridized carbons (Fsp3) is 0.208. The molecule has 3 rings (SSSR count). The Morgan fingerprint density at radius 2 is 1.82 bits per heavy atom. The normalized spacial score (nSPS) is 11.4. The van der Waals surface area contributed by atoms with Crippen molar-refractivity contribution in [2.24, 2.45) is 0 Å². The Bertz CT molecular complexity index is 1260. The summed E-state index contributed by atoms with van der Waals surface area (Å²) in [4.78, 5) is 11.3. The van der Waals surface area contributed by atoms with Crippen molar-refractivity contribution in [1.29, 1.82) is 0 Å². The monoisotopic (exact) mass is 491 g/mol. The molecule has 2 N–H and O–H groups in total. The number of hydrogen-bond donors (Lipinski definition) is 2. The summed E-state index contributed by atoms with van der Waals surface area (Å²) >= 11 is 5.99. The molecule has 33 heavy (non-hydrogen) atoms. The predicted octanol–water partition coefficient (Wildman–Crippen LogP) is 4.89. The smallest absolute Gasteiger partial charge is 0.336 e. The van der Waals surface area contributed by atoms with Gasteiger partial charge in [0.15, 0.2) is 0 Å². The third-order valence-electron chi connectivity index (χ3n) is 5.26. The van der Waals surface area contributed by atoms with Crippen molar-refractivity contribution >= 4 is 27.6 Å². The van der Waals surface area contributed by atoms with Crippen LogP contribution in [0.2, 0.25) is 5.02 Å². The third kappa shape index (κ3) is 6.10. The van der Waals surface area contributed by atoms with Crippen molar-refractivity contribution in [3.63, 3.8) is 0 Å². The number of carbonyl (C=O) groups is 1. The largest absolute Gasteiger partial charge is 0.489 e. The van der Waals surface area contributed by atoms with Gasteiger partial charge in [-0.15, -0.1) is 0 Å². The van der Waals surface area contributed by atoms with E-state index < -0.39 is 21.8 Å². The number of carboxylic acids is 1. The summed E-state index contributed by atoms with van der Waals surface area (Å²) in [6, 6.07) is 14.0. The van der Waals surface area contributed by atoms with E-state index in [1.807, 2.05) is 0 Å². The molecule has 0 aliphatic carbocycles. The molecule has 0 saturated carbocycles. The lowest BCUT2D eigenvalue weighted by Gasteiger charge is -2.12. The van der Waals surface area contributed by atoms with Gasteiger partial charge in [-0.25, -0.2) is 22.3 Å². The van der Waals surface area contributed by atoms with Crippen LogP contribution in [0.4, 0.5) is 4.39 Å². The number of rotatable bonds is 9. The van der Waals surface area contributed by atoms with Gasteiger partial charge < -0.3 is 9.84 Å². The van der Waals surface area contributed by atoms with E-state index in [1.54, 1.807) is 44.2 Å².